The lowest BCUT2D eigenvalue weighted by atomic mass is 9.90. The third-order valence-corrected chi connectivity index (χ3v) is 6.50. The highest BCUT2D eigenvalue weighted by Gasteiger charge is 2.31. The van der Waals surface area contributed by atoms with Gasteiger partial charge < -0.3 is 18.9 Å². The molecule has 1 N–H and O–H groups in total. The number of carbonyl (C=O) groups is 1. The Bertz CT molecular complexity index is 1380. The predicted molar refractivity (Wildman–Crippen MR) is 123 cm³/mol. The Morgan fingerprint density at radius 2 is 1.85 bits per heavy atom. The lowest BCUT2D eigenvalue weighted by molar-refractivity contribution is 0.0696. The van der Waals surface area contributed by atoms with Gasteiger partial charge in [0.05, 0.1) is 23.5 Å². The summed E-state index contributed by atoms with van der Waals surface area (Å²) in [5.41, 5.74) is 8.18. The molecule has 0 bridgehead atoms. The van der Waals surface area contributed by atoms with E-state index in [1.54, 1.807) is 6.07 Å². The first-order chi connectivity index (χ1) is 16.2. The van der Waals surface area contributed by atoms with Crippen LogP contribution in [0.2, 0.25) is 0 Å². The second kappa shape index (κ2) is 7.81. The zero-order valence-electron chi connectivity index (χ0n) is 17.9. The minimum Gasteiger partial charge on any atom is -0.478 e. The Hall–Kier alpha value is -4.06. The van der Waals surface area contributed by atoms with Crippen molar-refractivity contribution in [2.24, 2.45) is 5.16 Å². The number of furan rings is 1. The SMILES string of the molecule is O=C(O)c1coc(Cn2c(C3CC(c4ccccc4)=NO3)cc3c2CCc2ccccc2-3)c1. The van der Waals surface area contributed by atoms with E-state index in [2.05, 4.69) is 40.1 Å². The Kier molecular flexibility index (Phi) is 4.64. The van der Waals surface area contributed by atoms with Crippen molar-refractivity contribution in [2.75, 3.05) is 0 Å². The van der Waals surface area contributed by atoms with E-state index in [-0.39, 0.29) is 11.7 Å². The number of aromatic nitrogens is 1. The van der Waals surface area contributed by atoms with Gasteiger partial charge in [0.1, 0.15) is 12.0 Å². The standard InChI is InChI=1S/C27H22N2O4/c30-27(31)19-12-20(32-16-19)15-29-24-11-10-17-6-4-5-9-21(17)22(24)13-25(29)26-14-23(28-33-26)18-7-2-1-3-8-18/h1-9,12-13,16,26H,10-11,14-15H2,(H,30,31). The normalized spacial score (nSPS) is 16.6. The van der Waals surface area contributed by atoms with Gasteiger partial charge in [0.15, 0.2) is 6.10 Å². The highest BCUT2D eigenvalue weighted by Crippen LogP contribution is 2.40. The molecule has 3 heterocycles. The maximum atomic E-state index is 11.3. The van der Waals surface area contributed by atoms with Gasteiger partial charge in [0.25, 0.3) is 0 Å². The van der Waals surface area contributed by atoms with Crippen LogP contribution in [-0.2, 0) is 24.2 Å². The minimum atomic E-state index is -0.992. The third-order valence-electron chi connectivity index (χ3n) is 6.50. The molecule has 33 heavy (non-hydrogen) atoms. The monoisotopic (exact) mass is 438 g/mol. The number of carboxylic acids is 1. The van der Waals surface area contributed by atoms with Crippen molar-refractivity contribution >= 4 is 11.7 Å². The highest BCUT2D eigenvalue weighted by atomic mass is 16.6. The van der Waals surface area contributed by atoms with Crippen molar-refractivity contribution in [3.05, 3.63) is 107 Å². The molecule has 6 nitrogen and oxygen atoms in total. The Morgan fingerprint density at radius 3 is 2.67 bits per heavy atom. The Morgan fingerprint density at radius 1 is 1.03 bits per heavy atom. The molecule has 164 valence electrons. The van der Waals surface area contributed by atoms with E-state index in [0.717, 1.165) is 29.8 Å². The number of carboxylic acid groups (broad SMARTS) is 1. The van der Waals surface area contributed by atoms with Crippen LogP contribution in [0.5, 0.6) is 0 Å². The van der Waals surface area contributed by atoms with Crippen LogP contribution >= 0.6 is 0 Å². The summed E-state index contributed by atoms with van der Waals surface area (Å²) >= 11 is 0. The summed E-state index contributed by atoms with van der Waals surface area (Å²) in [6.07, 6.45) is 3.62. The molecule has 6 rings (SSSR count). The van der Waals surface area contributed by atoms with E-state index in [9.17, 15) is 9.90 Å². The maximum Gasteiger partial charge on any atom is 0.338 e. The number of benzene rings is 2. The molecule has 1 atom stereocenters. The molecule has 1 aliphatic heterocycles. The number of nitrogens with zero attached hydrogens (tertiary/aromatic N) is 2. The zero-order valence-corrected chi connectivity index (χ0v) is 17.9. The maximum absolute atomic E-state index is 11.3. The summed E-state index contributed by atoms with van der Waals surface area (Å²) in [5.74, 6) is -0.387. The lowest BCUT2D eigenvalue weighted by Gasteiger charge is -2.20. The molecule has 2 aromatic carbocycles. The number of aryl methyl sites for hydroxylation is 1. The molecule has 0 saturated heterocycles. The smallest absolute Gasteiger partial charge is 0.338 e. The third kappa shape index (κ3) is 3.44. The topological polar surface area (TPSA) is 77.0 Å². The van der Waals surface area contributed by atoms with Crippen LogP contribution < -0.4 is 0 Å². The molecule has 0 fully saturated rings. The van der Waals surface area contributed by atoms with E-state index in [1.165, 1.54) is 28.6 Å². The van der Waals surface area contributed by atoms with Gasteiger partial charge in [0.2, 0.25) is 0 Å². The van der Waals surface area contributed by atoms with Crippen LogP contribution in [0.4, 0.5) is 0 Å². The number of oxime groups is 1. The molecule has 1 unspecified atom stereocenters. The fourth-order valence-electron chi connectivity index (χ4n) is 4.89. The van der Waals surface area contributed by atoms with Gasteiger partial charge in [-0.2, -0.15) is 0 Å². The average Bonchev–Trinajstić information content (AvgIpc) is 3.59. The predicted octanol–water partition coefficient (Wildman–Crippen LogP) is 5.46. The van der Waals surface area contributed by atoms with Crippen LogP contribution in [0.3, 0.4) is 0 Å². The van der Waals surface area contributed by atoms with Crippen molar-refractivity contribution < 1.29 is 19.2 Å². The first kappa shape index (κ1) is 19.6. The molecule has 1 aliphatic carbocycles. The van der Waals surface area contributed by atoms with Crippen LogP contribution in [-0.4, -0.2) is 21.4 Å². The van der Waals surface area contributed by atoms with E-state index < -0.39 is 5.97 Å². The van der Waals surface area contributed by atoms with E-state index in [1.807, 2.05) is 30.3 Å². The van der Waals surface area contributed by atoms with Crippen molar-refractivity contribution in [2.45, 2.75) is 31.9 Å². The molecule has 4 aromatic rings. The van der Waals surface area contributed by atoms with Crippen LogP contribution in [0.1, 0.15) is 51.2 Å². The second-order valence-corrected chi connectivity index (χ2v) is 8.48. The fraction of sp³-hybridized carbons (Fsp3) is 0.185. The molecule has 2 aliphatic rings. The molecule has 2 aromatic heterocycles. The van der Waals surface area contributed by atoms with Gasteiger partial charge in [-0.05, 0) is 41.7 Å². The summed E-state index contributed by atoms with van der Waals surface area (Å²) in [7, 11) is 0. The highest BCUT2D eigenvalue weighted by molar-refractivity contribution is 6.01. The fourth-order valence-corrected chi connectivity index (χ4v) is 4.89. The van der Waals surface area contributed by atoms with Crippen LogP contribution in [0.25, 0.3) is 11.1 Å². The molecule has 0 saturated carbocycles. The van der Waals surface area contributed by atoms with Crippen molar-refractivity contribution in [3.8, 4) is 11.1 Å². The molecule has 0 radical (unpaired) electrons. The molecule has 0 amide bonds. The summed E-state index contributed by atoms with van der Waals surface area (Å²) in [5, 5.41) is 13.7. The van der Waals surface area contributed by atoms with Crippen molar-refractivity contribution in [1.29, 1.82) is 0 Å². The summed E-state index contributed by atoms with van der Waals surface area (Å²) in [4.78, 5) is 17.3. The second-order valence-electron chi connectivity index (χ2n) is 8.48. The summed E-state index contributed by atoms with van der Waals surface area (Å²) in [6, 6.07) is 22.4. The number of aromatic carboxylic acids is 1. The van der Waals surface area contributed by atoms with Crippen LogP contribution in [0, 0.1) is 0 Å². The van der Waals surface area contributed by atoms with Gasteiger partial charge in [-0.3, -0.25) is 0 Å². The van der Waals surface area contributed by atoms with E-state index in [0.29, 0.717) is 18.7 Å². The molecule has 0 spiro atoms. The molecular formula is C27H22N2O4. The van der Waals surface area contributed by atoms with Crippen molar-refractivity contribution in [1.82, 2.24) is 4.57 Å². The quantitative estimate of drug-likeness (QED) is 0.449. The van der Waals surface area contributed by atoms with Gasteiger partial charge in [-0.15, -0.1) is 0 Å². The summed E-state index contributed by atoms with van der Waals surface area (Å²) < 4.78 is 7.82. The van der Waals surface area contributed by atoms with Gasteiger partial charge in [-0.25, -0.2) is 4.79 Å². The first-order valence-corrected chi connectivity index (χ1v) is 11.1. The van der Waals surface area contributed by atoms with Gasteiger partial charge in [-0.1, -0.05) is 59.8 Å². The van der Waals surface area contributed by atoms with Gasteiger partial charge >= 0.3 is 5.97 Å². The number of hydrogen-bond donors (Lipinski definition) is 1. The zero-order chi connectivity index (χ0) is 22.4. The average molecular weight is 438 g/mol. The number of hydrogen-bond acceptors (Lipinski definition) is 4. The largest absolute Gasteiger partial charge is 0.478 e. The van der Waals surface area contributed by atoms with Crippen LogP contribution in [0.15, 0.2) is 82.6 Å². The van der Waals surface area contributed by atoms with E-state index >= 15 is 0 Å². The minimum absolute atomic E-state index is 0.157. The first-order valence-electron chi connectivity index (χ1n) is 11.1. The Balaban J connectivity index is 1.40. The molecular weight excluding hydrogens is 416 g/mol. The lowest BCUT2D eigenvalue weighted by Crippen LogP contribution is -2.14. The van der Waals surface area contributed by atoms with Crippen molar-refractivity contribution in [3.63, 3.8) is 0 Å². The number of rotatable bonds is 5. The Labute approximate surface area is 190 Å². The molecule has 6 heteroatoms. The van der Waals surface area contributed by atoms with E-state index in [4.69, 9.17) is 9.25 Å². The van der Waals surface area contributed by atoms with Gasteiger partial charge in [0, 0.05) is 17.7 Å². The number of fused-ring (bicyclic) bond motifs is 3. The summed E-state index contributed by atoms with van der Waals surface area (Å²) in [6.45, 7) is 0.445.